The highest BCUT2D eigenvalue weighted by Crippen LogP contribution is 2.23. The fourth-order valence-electron chi connectivity index (χ4n) is 2.92. The van der Waals surface area contributed by atoms with Gasteiger partial charge in [0.25, 0.3) is 0 Å². The van der Waals surface area contributed by atoms with Gasteiger partial charge in [-0.15, -0.1) is 0 Å². The highest BCUT2D eigenvalue weighted by molar-refractivity contribution is 7.90. The van der Waals surface area contributed by atoms with Crippen molar-refractivity contribution >= 4 is 26.7 Å². The summed E-state index contributed by atoms with van der Waals surface area (Å²) in [4.78, 5) is 25.6. The minimum absolute atomic E-state index is 0.0798. The topological polar surface area (TPSA) is 104 Å². The molecule has 3 aromatic rings. The van der Waals surface area contributed by atoms with Gasteiger partial charge in [-0.2, -0.15) is 0 Å². The number of carboxylic acids is 1. The molecule has 0 amide bonds. The zero-order chi connectivity index (χ0) is 20.6. The van der Waals surface area contributed by atoms with Gasteiger partial charge in [-0.05, 0) is 36.6 Å². The number of halogens is 2. The van der Waals surface area contributed by atoms with Gasteiger partial charge in [-0.1, -0.05) is 12.1 Å². The summed E-state index contributed by atoms with van der Waals surface area (Å²) in [6, 6.07) is 6.87. The first kappa shape index (κ1) is 19.7. The maximum Gasteiger partial charge on any atom is 0.341 e. The standard InChI is InChI=1S/C19H15F2NO5S/c1-28(26,27)11-4-2-3-10(7-11)5-6-12-15(20)8-13-17(16(12)21)22-9-14(18(13)23)19(24)25/h2-4,7-9H,5-6H2,1H3,(H,22,23)(H,24,25). The lowest BCUT2D eigenvalue weighted by atomic mass is 10.0. The molecule has 6 nitrogen and oxygen atoms in total. The predicted molar refractivity (Wildman–Crippen MR) is 98.4 cm³/mol. The Balaban J connectivity index is 2.00. The van der Waals surface area contributed by atoms with Crippen LogP contribution < -0.4 is 5.43 Å². The number of benzene rings is 2. The molecule has 2 N–H and O–H groups in total. The van der Waals surface area contributed by atoms with Crippen molar-refractivity contribution in [3.63, 3.8) is 0 Å². The fraction of sp³-hybridized carbons (Fsp3) is 0.158. The molecule has 28 heavy (non-hydrogen) atoms. The van der Waals surface area contributed by atoms with Crippen LogP contribution in [0.1, 0.15) is 21.5 Å². The third-order valence-corrected chi connectivity index (χ3v) is 5.49. The van der Waals surface area contributed by atoms with Crippen LogP contribution in [0.3, 0.4) is 0 Å². The monoisotopic (exact) mass is 407 g/mol. The quantitative estimate of drug-likeness (QED) is 0.677. The number of aromatic carboxylic acids is 1. The number of hydrogen-bond acceptors (Lipinski definition) is 4. The number of H-pyrrole nitrogens is 1. The number of aromatic nitrogens is 1. The van der Waals surface area contributed by atoms with Gasteiger partial charge in [0, 0.05) is 18.0 Å². The van der Waals surface area contributed by atoms with Crippen LogP contribution in [0, 0.1) is 11.6 Å². The minimum Gasteiger partial charge on any atom is -0.477 e. The van der Waals surface area contributed by atoms with Crippen LogP contribution in [0.15, 0.2) is 46.2 Å². The van der Waals surface area contributed by atoms with E-state index in [1.807, 2.05) is 0 Å². The van der Waals surface area contributed by atoms with E-state index in [0.29, 0.717) is 5.56 Å². The molecule has 0 saturated carbocycles. The Bertz CT molecular complexity index is 1270. The molecule has 1 aromatic heterocycles. The number of aromatic amines is 1. The summed E-state index contributed by atoms with van der Waals surface area (Å²) in [5.41, 5.74) is -1.58. The van der Waals surface area contributed by atoms with Crippen LogP contribution in [0.4, 0.5) is 8.78 Å². The lowest BCUT2D eigenvalue weighted by molar-refractivity contribution is 0.0695. The molecule has 0 radical (unpaired) electrons. The van der Waals surface area contributed by atoms with Crippen molar-refractivity contribution in [2.45, 2.75) is 17.7 Å². The lowest BCUT2D eigenvalue weighted by Gasteiger charge is -2.09. The van der Waals surface area contributed by atoms with Gasteiger partial charge in [0.2, 0.25) is 5.43 Å². The Morgan fingerprint density at radius 2 is 1.89 bits per heavy atom. The maximum absolute atomic E-state index is 14.8. The first-order chi connectivity index (χ1) is 13.1. The average Bonchev–Trinajstić information content (AvgIpc) is 2.62. The van der Waals surface area contributed by atoms with Gasteiger partial charge in [-0.25, -0.2) is 22.0 Å². The van der Waals surface area contributed by atoms with Crippen molar-refractivity contribution in [3.8, 4) is 0 Å². The van der Waals surface area contributed by atoms with Crippen LogP contribution in [0.25, 0.3) is 10.9 Å². The number of aryl methyl sites for hydroxylation is 1. The molecule has 0 atom stereocenters. The number of sulfone groups is 1. The molecule has 9 heteroatoms. The molecule has 146 valence electrons. The van der Waals surface area contributed by atoms with E-state index in [1.165, 1.54) is 12.1 Å². The Morgan fingerprint density at radius 3 is 2.54 bits per heavy atom. The molecule has 0 unspecified atom stereocenters. The van der Waals surface area contributed by atoms with E-state index in [4.69, 9.17) is 5.11 Å². The van der Waals surface area contributed by atoms with E-state index in [1.54, 1.807) is 12.1 Å². The Labute approximate surface area is 158 Å². The summed E-state index contributed by atoms with van der Waals surface area (Å²) in [7, 11) is -3.41. The van der Waals surface area contributed by atoms with Gasteiger partial charge in [0.05, 0.1) is 15.8 Å². The second-order valence-electron chi connectivity index (χ2n) is 6.33. The molecule has 2 aromatic carbocycles. The Hall–Kier alpha value is -3.07. The zero-order valence-corrected chi connectivity index (χ0v) is 15.4. The Kier molecular flexibility index (Phi) is 5.03. The third-order valence-electron chi connectivity index (χ3n) is 4.38. The lowest BCUT2D eigenvalue weighted by Crippen LogP contribution is -2.16. The van der Waals surface area contributed by atoms with Crippen molar-refractivity contribution in [3.05, 3.63) is 75.1 Å². The molecule has 0 aliphatic carbocycles. The second kappa shape index (κ2) is 7.16. The van der Waals surface area contributed by atoms with Gasteiger partial charge in [-0.3, -0.25) is 4.79 Å². The van der Waals surface area contributed by atoms with Crippen molar-refractivity contribution in [1.82, 2.24) is 4.98 Å². The third kappa shape index (κ3) is 3.65. The highest BCUT2D eigenvalue weighted by atomic mass is 32.2. The van der Waals surface area contributed by atoms with E-state index < -0.39 is 43.8 Å². The predicted octanol–water partition coefficient (Wildman–Crippen LogP) is 2.69. The summed E-state index contributed by atoms with van der Waals surface area (Å²) < 4.78 is 52.4. The molecule has 0 fully saturated rings. The van der Waals surface area contributed by atoms with Gasteiger partial charge in [0.15, 0.2) is 15.7 Å². The molecule has 0 bridgehead atoms. The molecule has 0 aliphatic rings. The minimum atomic E-state index is -3.41. The van der Waals surface area contributed by atoms with E-state index >= 15 is 0 Å². The highest BCUT2D eigenvalue weighted by Gasteiger charge is 2.19. The summed E-state index contributed by atoms with van der Waals surface area (Å²) >= 11 is 0. The molecule has 0 saturated heterocycles. The van der Waals surface area contributed by atoms with E-state index in [0.717, 1.165) is 18.5 Å². The van der Waals surface area contributed by atoms with Gasteiger partial charge >= 0.3 is 5.97 Å². The SMILES string of the molecule is CS(=O)(=O)c1cccc(CCc2c(F)cc3c(=O)c(C(=O)O)c[nH]c3c2F)c1. The normalized spacial score (nSPS) is 11.7. The number of nitrogens with one attached hydrogen (secondary N) is 1. The number of fused-ring (bicyclic) bond motifs is 1. The summed E-state index contributed by atoms with van der Waals surface area (Å²) in [5.74, 6) is -3.46. The molecule has 1 heterocycles. The number of pyridine rings is 1. The largest absolute Gasteiger partial charge is 0.477 e. The van der Waals surface area contributed by atoms with E-state index in [9.17, 15) is 26.8 Å². The van der Waals surface area contributed by atoms with Crippen molar-refractivity contribution in [2.24, 2.45) is 0 Å². The van der Waals surface area contributed by atoms with Gasteiger partial charge in [0.1, 0.15) is 11.4 Å². The molecule has 0 spiro atoms. The maximum atomic E-state index is 14.8. The zero-order valence-electron chi connectivity index (χ0n) is 14.6. The summed E-state index contributed by atoms with van der Waals surface area (Å²) in [5, 5.41) is 8.57. The Morgan fingerprint density at radius 1 is 1.18 bits per heavy atom. The summed E-state index contributed by atoms with van der Waals surface area (Å²) in [6.45, 7) is 0. The molecule has 3 rings (SSSR count). The van der Waals surface area contributed by atoms with Crippen LogP contribution in [0.2, 0.25) is 0 Å². The van der Waals surface area contributed by atoms with E-state index in [2.05, 4.69) is 4.98 Å². The first-order valence-electron chi connectivity index (χ1n) is 8.14. The number of carboxylic acid groups (broad SMARTS) is 1. The van der Waals surface area contributed by atoms with Crippen LogP contribution in [0.5, 0.6) is 0 Å². The van der Waals surface area contributed by atoms with E-state index in [-0.39, 0.29) is 28.8 Å². The smallest absolute Gasteiger partial charge is 0.341 e. The molecule has 0 aliphatic heterocycles. The summed E-state index contributed by atoms with van der Waals surface area (Å²) in [6.07, 6.45) is 2.02. The second-order valence-corrected chi connectivity index (χ2v) is 8.35. The number of carbonyl (C=O) groups is 1. The molecular formula is C19H15F2NO5S. The van der Waals surface area contributed by atoms with Crippen LogP contribution in [-0.4, -0.2) is 30.7 Å². The molecular weight excluding hydrogens is 392 g/mol. The average molecular weight is 407 g/mol. The van der Waals surface area contributed by atoms with Crippen LogP contribution in [-0.2, 0) is 22.7 Å². The number of rotatable bonds is 5. The van der Waals surface area contributed by atoms with Crippen molar-refractivity contribution < 1.29 is 27.1 Å². The number of hydrogen-bond donors (Lipinski definition) is 2. The van der Waals surface area contributed by atoms with Crippen molar-refractivity contribution in [2.75, 3.05) is 6.26 Å². The van der Waals surface area contributed by atoms with Gasteiger partial charge < -0.3 is 10.1 Å². The fourth-order valence-corrected chi connectivity index (χ4v) is 3.62. The first-order valence-corrected chi connectivity index (χ1v) is 10.0. The van der Waals surface area contributed by atoms with Crippen LogP contribution >= 0.6 is 0 Å². The van der Waals surface area contributed by atoms with Crippen molar-refractivity contribution in [1.29, 1.82) is 0 Å².